The summed E-state index contributed by atoms with van der Waals surface area (Å²) in [5.74, 6) is 1.08. The van der Waals surface area contributed by atoms with Gasteiger partial charge in [0.1, 0.15) is 19.3 Å². The zero-order valence-corrected chi connectivity index (χ0v) is 68.3. The highest BCUT2D eigenvalue weighted by molar-refractivity contribution is 7.47. The van der Waals surface area contributed by atoms with E-state index in [1.807, 2.05) is 0 Å². The van der Waals surface area contributed by atoms with E-state index in [0.29, 0.717) is 25.7 Å². The van der Waals surface area contributed by atoms with Crippen molar-refractivity contribution in [3.05, 3.63) is 0 Å². The number of phosphoric acid groups is 2. The molecule has 19 heteroatoms. The number of esters is 4. The van der Waals surface area contributed by atoms with Gasteiger partial charge in [-0.2, -0.15) is 0 Å². The molecule has 101 heavy (non-hydrogen) atoms. The Kier molecular flexibility index (Phi) is 69.6. The summed E-state index contributed by atoms with van der Waals surface area (Å²) in [5.41, 5.74) is 0. The highest BCUT2D eigenvalue weighted by Gasteiger charge is 2.30. The summed E-state index contributed by atoms with van der Waals surface area (Å²) in [6.45, 7) is 14.3. The number of unbranched alkanes of at least 4 members (excludes halogenated alkanes) is 42. The number of rotatable bonds is 79. The molecule has 0 amide bonds. The third-order valence-electron chi connectivity index (χ3n) is 20.2. The molecule has 600 valence electrons. The summed E-state index contributed by atoms with van der Waals surface area (Å²) in [6, 6.07) is 0. The smallest absolute Gasteiger partial charge is 0.462 e. The van der Waals surface area contributed by atoms with Crippen molar-refractivity contribution in [2.75, 3.05) is 39.6 Å². The molecule has 5 unspecified atom stereocenters. The Morgan fingerprint density at radius 3 is 0.703 bits per heavy atom. The quantitative estimate of drug-likeness (QED) is 0.0222. The van der Waals surface area contributed by atoms with E-state index in [2.05, 4.69) is 55.4 Å². The number of hydrogen-bond donors (Lipinski definition) is 3. The van der Waals surface area contributed by atoms with Gasteiger partial charge in [-0.05, 0) is 49.4 Å². The average molecular weight is 1480 g/mol. The van der Waals surface area contributed by atoms with E-state index in [1.165, 1.54) is 218 Å². The van der Waals surface area contributed by atoms with E-state index < -0.39 is 97.5 Å². The van der Waals surface area contributed by atoms with E-state index in [1.54, 1.807) is 0 Å². The van der Waals surface area contributed by atoms with Crippen molar-refractivity contribution in [2.45, 2.75) is 440 Å². The van der Waals surface area contributed by atoms with Crippen molar-refractivity contribution in [3.8, 4) is 0 Å². The molecular formula is C82H160O17P2. The molecule has 0 rings (SSSR count). The van der Waals surface area contributed by atoms with Crippen molar-refractivity contribution < 1.29 is 80.2 Å². The van der Waals surface area contributed by atoms with E-state index in [4.69, 9.17) is 37.0 Å². The maximum absolute atomic E-state index is 13.1. The van der Waals surface area contributed by atoms with Crippen molar-refractivity contribution in [1.82, 2.24) is 0 Å². The second-order valence-corrected chi connectivity index (χ2v) is 33.6. The highest BCUT2D eigenvalue weighted by Crippen LogP contribution is 2.45. The molecule has 0 aliphatic carbocycles. The molecule has 8 atom stereocenters. The molecule has 0 saturated carbocycles. The molecule has 3 N–H and O–H groups in total. The fourth-order valence-corrected chi connectivity index (χ4v) is 14.1. The van der Waals surface area contributed by atoms with Crippen molar-refractivity contribution in [3.63, 3.8) is 0 Å². The van der Waals surface area contributed by atoms with Gasteiger partial charge in [-0.1, -0.05) is 370 Å². The van der Waals surface area contributed by atoms with Gasteiger partial charge in [-0.25, -0.2) is 9.13 Å². The standard InChI is InChI=1S/C82H160O17P2/c1-9-73(6)59-51-43-35-29-23-19-16-17-21-25-33-39-49-57-64-81(86)98-77(68-92-79(84)62-54-46-37-31-27-26-30-36-44-52-60-74(7)10-2)70-96-100(88,89)94-66-76(83)67-95-101(90,91)97-71-78(69-93-80(85)63-55-47-41-40-45-53-61-75(8)11-3)99-82(87)65-56-48-38-32-24-20-15-13-12-14-18-22-28-34-42-50-58-72(4)5/h72-78,83H,9-71H2,1-8H3,(H,88,89)(H,90,91)/t73?,74?,75?,76-,77-,78-/m1/s1. The van der Waals surface area contributed by atoms with Crippen LogP contribution in [-0.2, 0) is 65.4 Å². The highest BCUT2D eigenvalue weighted by atomic mass is 31.2. The Bertz CT molecular complexity index is 1980. The maximum Gasteiger partial charge on any atom is 0.472 e. The van der Waals surface area contributed by atoms with Crippen LogP contribution in [0, 0.1) is 23.7 Å². The summed E-state index contributed by atoms with van der Waals surface area (Å²) in [7, 11) is -9.92. The first-order valence-electron chi connectivity index (χ1n) is 42.3. The minimum absolute atomic E-state index is 0.107. The minimum atomic E-state index is -4.96. The van der Waals surface area contributed by atoms with Crippen molar-refractivity contribution in [1.29, 1.82) is 0 Å². The first-order valence-corrected chi connectivity index (χ1v) is 45.3. The fourth-order valence-electron chi connectivity index (χ4n) is 12.5. The lowest BCUT2D eigenvalue weighted by Crippen LogP contribution is -2.30. The van der Waals surface area contributed by atoms with Crippen LogP contribution >= 0.6 is 15.6 Å². The van der Waals surface area contributed by atoms with Crippen LogP contribution in [0.1, 0.15) is 421 Å². The molecule has 0 saturated heterocycles. The molecule has 0 aliphatic heterocycles. The first-order chi connectivity index (χ1) is 48.7. The van der Waals surface area contributed by atoms with E-state index in [0.717, 1.165) is 120 Å². The number of carbonyl (C=O) groups is 4. The number of carbonyl (C=O) groups excluding carboxylic acids is 4. The van der Waals surface area contributed by atoms with Gasteiger partial charge in [0.05, 0.1) is 26.4 Å². The molecule has 0 aromatic carbocycles. The number of ether oxygens (including phenoxy) is 4. The normalized spacial score (nSPS) is 14.8. The Labute approximate surface area is 619 Å². The summed E-state index contributed by atoms with van der Waals surface area (Å²) in [6.07, 6.45) is 58.1. The molecule has 0 spiro atoms. The molecule has 0 aromatic heterocycles. The van der Waals surface area contributed by atoms with Crippen LogP contribution in [0.15, 0.2) is 0 Å². The third kappa shape index (κ3) is 72.1. The predicted octanol–water partition coefficient (Wildman–Crippen LogP) is 24.4. The Balaban J connectivity index is 5.24. The number of phosphoric ester groups is 2. The average Bonchev–Trinajstić information content (AvgIpc) is 1.33. The molecular weight excluding hydrogens is 1320 g/mol. The van der Waals surface area contributed by atoms with Gasteiger partial charge in [0.15, 0.2) is 12.2 Å². The van der Waals surface area contributed by atoms with Gasteiger partial charge in [0, 0.05) is 25.7 Å². The molecule has 0 fully saturated rings. The van der Waals surface area contributed by atoms with Gasteiger partial charge in [0.2, 0.25) is 0 Å². The zero-order valence-electron chi connectivity index (χ0n) is 66.5. The van der Waals surface area contributed by atoms with Crippen molar-refractivity contribution in [2.24, 2.45) is 23.7 Å². The van der Waals surface area contributed by atoms with Gasteiger partial charge >= 0.3 is 39.5 Å². The van der Waals surface area contributed by atoms with E-state index in [9.17, 15) is 43.2 Å². The van der Waals surface area contributed by atoms with Crippen LogP contribution in [0.25, 0.3) is 0 Å². The topological polar surface area (TPSA) is 237 Å². The molecule has 0 heterocycles. The lowest BCUT2D eigenvalue weighted by atomic mass is 9.99. The molecule has 17 nitrogen and oxygen atoms in total. The van der Waals surface area contributed by atoms with Crippen LogP contribution in [0.2, 0.25) is 0 Å². The number of aliphatic hydroxyl groups is 1. The Morgan fingerprint density at radius 2 is 0.475 bits per heavy atom. The van der Waals surface area contributed by atoms with Crippen molar-refractivity contribution >= 4 is 39.5 Å². The van der Waals surface area contributed by atoms with Gasteiger partial charge in [0.25, 0.3) is 0 Å². The zero-order chi connectivity index (χ0) is 74.6. The predicted molar refractivity (Wildman–Crippen MR) is 414 cm³/mol. The van der Waals surface area contributed by atoms with Gasteiger partial charge in [-0.15, -0.1) is 0 Å². The van der Waals surface area contributed by atoms with Gasteiger partial charge in [-0.3, -0.25) is 37.3 Å². The lowest BCUT2D eigenvalue weighted by molar-refractivity contribution is -0.161. The molecule has 0 aliphatic rings. The van der Waals surface area contributed by atoms with Crippen LogP contribution < -0.4 is 0 Å². The largest absolute Gasteiger partial charge is 0.472 e. The Hall–Kier alpha value is -1.94. The van der Waals surface area contributed by atoms with Gasteiger partial charge < -0.3 is 33.8 Å². The second kappa shape index (κ2) is 71.0. The van der Waals surface area contributed by atoms with E-state index in [-0.39, 0.29) is 25.7 Å². The summed E-state index contributed by atoms with van der Waals surface area (Å²) < 4.78 is 68.8. The molecule has 0 radical (unpaired) electrons. The first kappa shape index (κ1) is 99.1. The summed E-state index contributed by atoms with van der Waals surface area (Å²) in [4.78, 5) is 73.1. The van der Waals surface area contributed by atoms with Crippen LogP contribution in [-0.4, -0.2) is 96.7 Å². The van der Waals surface area contributed by atoms with Crippen LogP contribution in [0.3, 0.4) is 0 Å². The Morgan fingerprint density at radius 1 is 0.277 bits per heavy atom. The summed E-state index contributed by atoms with van der Waals surface area (Å²) >= 11 is 0. The van der Waals surface area contributed by atoms with Crippen LogP contribution in [0.5, 0.6) is 0 Å². The van der Waals surface area contributed by atoms with Crippen LogP contribution in [0.4, 0.5) is 0 Å². The number of aliphatic hydroxyl groups excluding tert-OH is 1. The monoisotopic (exact) mass is 1480 g/mol. The minimum Gasteiger partial charge on any atom is -0.462 e. The second-order valence-electron chi connectivity index (χ2n) is 30.7. The lowest BCUT2D eigenvalue weighted by Gasteiger charge is -2.21. The number of hydrogen-bond acceptors (Lipinski definition) is 15. The maximum atomic E-state index is 13.1. The third-order valence-corrected chi connectivity index (χ3v) is 22.1. The fraction of sp³-hybridized carbons (Fsp3) is 0.951. The molecule has 0 aromatic rings. The SMILES string of the molecule is CCC(C)CCCCCCCCCCCCCCCCC(=O)O[C@H](COC(=O)CCCCCCCCCCCCC(C)CC)COP(=O)(O)OC[C@@H](O)COP(=O)(O)OC[C@@H](COC(=O)CCCCCCCCC(C)CC)OC(=O)CCCCCCCCCCCCCCCCCCC(C)C. The molecule has 0 bridgehead atoms. The summed E-state index contributed by atoms with van der Waals surface area (Å²) in [5, 5.41) is 10.7. The van der Waals surface area contributed by atoms with E-state index >= 15 is 0 Å².